The van der Waals surface area contributed by atoms with Gasteiger partial charge < -0.3 is 14.9 Å². The normalized spacial score (nSPS) is 16.7. The first-order chi connectivity index (χ1) is 7.20. The zero-order valence-corrected chi connectivity index (χ0v) is 9.78. The highest BCUT2D eigenvalue weighted by Crippen LogP contribution is 2.23. The Morgan fingerprint density at radius 1 is 1.40 bits per heavy atom. The number of aliphatic hydroxyl groups is 1. The molecular formula is C11H22N2O2. The molecule has 1 aliphatic rings. The van der Waals surface area contributed by atoms with Gasteiger partial charge in [-0.3, -0.25) is 0 Å². The average Bonchev–Trinajstić information content (AvgIpc) is 2.77. The van der Waals surface area contributed by atoms with E-state index in [2.05, 4.69) is 0 Å². The van der Waals surface area contributed by atoms with E-state index in [4.69, 9.17) is 5.11 Å². The molecule has 88 valence electrons. The molecule has 4 nitrogen and oxygen atoms in total. The first kappa shape index (κ1) is 12.3. The Balaban J connectivity index is 2.59. The Kier molecular flexibility index (Phi) is 4.88. The predicted octanol–water partition coefficient (Wildman–Crippen LogP) is 1.29. The maximum Gasteiger partial charge on any atom is 0.320 e. The van der Waals surface area contributed by atoms with E-state index < -0.39 is 0 Å². The summed E-state index contributed by atoms with van der Waals surface area (Å²) in [5, 5.41) is 8.99. The number of amides is 2. The largest absolute Gasteiger partial charge is 0.395 e. The molecule has 0 aromatic rings. The molecule has 15 heavy (non-hydrogen) atoms. The fraction of sp³-hybridized carbons (Fsp3) is 0.909. The van der Waals surface area contributed by atoms with Gasteiger partial charge in [-0.2, -0.15) is 0 Å². The van der Waals surface area contributed by atoms with Gasteiger partial charge >= 0.3 is 6.03 Å². The van der Waals surface area contributed by atoms with Crippen LogP contribution in [0.4, 0.5) is 4.79 Å². The van der Waals surface area contributed by atoms with E-state index >= 15 is 0 Å². The van der Waals surface area contributed by atoms with Gasteiger partial charge in [0, 0.05) is 26.2 Å². The van der Waals surface area contributed by atoms with Crippen molar-refractivity contribution in [2.45, 2.75) is 38.6 Å². The fourth-order valence-corrected chi connectivity index (χ4v) is 2.11. The molecule has 0 heterocycles. The number of hydrogen-bond acceptors (Lipinski definition) is 2. The Hall–Kier alpha value is -0.770. The van der Waals surface area contributed by atoms with Crippen LogP contribution >= 0.6 is 0 Å². The van der Waals surface area contributed by atoms with E-state index in [1.807, 2.05) is 18.9 Å². The van der Waals surface area contributed by atoms with Crippen molar-refractivity contribution in [2.75, 3.05) is 26.7 Å². The van der Waals surface area contributed by atoms with Crippen molar-refractivity contribution in [3.63, 3.8) is 0 Å². The lowest BCUT2D eigenvalue weighted by molar-refractivity contribution is 0.127. The highest BCUT2D eigenvalue weighted by Gasteiger charge is 2.27. The molecular weight excluding hydrogens is 192 g/mol. The average molecular weight is 214 g/mol. The van der Waals surface area contributed by atoms with E-state index in [1.54, 1.807) is 4.90 Å². The lowest BCUT2D eigenvalue weighted by atomic mass is 10.2. The summed E-state index contributed by atoms with van der Waals surface area (Å²) >= 11 is 0. The lowest BCUT2D eigenvalue weighted by Gasteiger charge is -2.32. The molecule has 0 radical (unpaired) electrons. The molecule has 1 rings (SSSR count). The van der Waals surface area contributed by atoms with Crippen LogP contribution in [0.15, 0.2) is 0 Å². The molecule has 0 bridgehead atoms. The monoisotopic (exact) mass is 214 g/mol. The maximum atomic E-state index is 12.0. The second-order valence-corrected chi connectivity index (χ2v) is 4.15. The molecule has 0 atom stereocenters. The quantitative estimate of drug-likeness (QED) is 0.766. The third-order valence-electron chi connectivity index (χ3n) is 3.15. The van der Waals surface area contributed by atoms with Crippen LogP contribution in [0.1, 0.15) is 32.6 Å². The Morgan fingerprint density at radius 2 is 2.00 bits per heavy atom. The molecule has 1 saturated carbocycles. The van der Waals surface area contributed by atoms with Gasteiger partial charge in [-0.15, -0.1) is 0 Å². The third kappa shape index (κ3) is 3.09. The van der Waals surface area contributed by atoms with Gasteiger partial charge in [-0.25, -0.2) is 4.79 Å². The van der Waals surface area contributed by atoms with Gasteiger partial charge in [-0.05, 0) is 19.8 Å². The van der Waals surface area contributed by atoms with Gasteiger partial charge in [0.2, 0.25) is 0 Å². The number of aliphatic hydroxyl groups excluding tert-OH is 1. The van der Waals surface area contributed by atoms with E-state index in [0.29, 0.717) is 19.1 Å². The van der Waals surface area contributed by atoms with Crippen molar-refractivity contribution in [1.82, 2.24) is 9.80 Å². The van der Waals surface area contributed by atoms with Crippen molar-refractivity contribution < 1.29 is 9.90 Å². The first-order valence-electron chi connectivity index (χ1n) is 5.83. The van der Waals surface area contributed by atoms with Crippen LogP contribution in [0.3, 0.4) is 0 Å². The number of carbonyl (C=O) groups excluding carboxylic acids is 1. The molecule has 0 spiro atoms. The lowest BCUT2D eigenvalue weighted by Crippen LogP contribution is -2.47. The second kappa shape index (κ2) is 5.95. The summed E-state index contributed by atoms with van der Waals surface area (Å²) < 4.78 is 0. The van der Waals surface area contributed by atoms with Gasteiger partial charge in [0.25, 0.3) is 0 Å². The summed E-state index contributed by atoms with van der Waals surface area (Å²) in [5.41, 5.74) is 0. The minimum absolute atomic E-state index is 0.0541. The van der Waals surface area contributed by atoms with Crippen molar-refractivity contribution in [3.8, 4) is 0 Å². The topological polar surface area (TPSA) is 43.8 Å². The summed E-state index contributed by atoms with van der Waals surface area (Å²) in [7, 11) is 1.81. The molecule has 4 heteroatoms. The standard InChI is InChI=1S/C11H22N2O2/c1-3-12(2)11(15)13(8-9-14)10-6-4-5-7-10/h10,14H,3-9H2,1-2H3. The van der Waals surface area contributed by atoms with Crippen LogP contribution in [-0.4, -0.2) is 53.7 Å². The van der Waals surface area contributed by atoms with Gasteiger partial charge in [-0.1, -0.05) is 12.8 Å². The van der Waals surface area contributed by atoms with E-state index in [9.17, 15) is 4.79 Å². The molecule has 1 fully saturated rings. The Morgan fingerprint density at radius 3 is 2.47 bits per heavy atom. The molecule has 2 amide bonds. The summed E-state index contributed by atoms with van der Waals surface area (Å²) in [4.78, 5) is 15.5. The van der Waals surface area contributed by atoms with Crippen LogP contribution < -0.4 is 0 Å². The van der Waals surface area contributed by atoms with Gasteiger partial charge in [0.1, 0.15) is 0 Å². The van der Waals surface area contributed by atoms with Crippen LogP contribution in [0.25, 0.3) is 0 Å². The van der Waals surface area contributed by atoms with Crippen LogP contribution in [-0.2, 0) is 0 Å². The maximum absolute atomic E-state index is 12.0. The molecule has 0 aromatic carbocycles. The summed E-state index contributed by atoms with van der Waals surface area (Å²) in [6.07, 6.45) is 4.58. The molecule has 1 N–H and O–H groups in total. The number of nitrogens with zero attached hydrogens (tertiary/aromatic N) is 2. The minimum Gasteiger partial charge on any atom is -0.395 e. The summed E-state index contributed by atoms with van der Waals surface area (Å²) in [6.45, 7) is 3.20. The van der Waals surface area contributed by atoms with Crippen LogP contribution in [0.5, 0.6) is 0 Å². The molecule has 1 aliphatic carbocycles. The van der Waals surface area contributed by atoms with Crippen molar-refractivity contribution in [2.24, 2.45) is 0 Å². The molecule has 0 saturated heterocycles. The zero-order chi connectivity index (χ0) is 11.3. The predicted molar refractivity (Wildman–Crippen MR) is 59.7 cm³/mol. The van der Waals surface area contributed by atoms with E-state index in [1.165, 1.54) is 12.8 Å². The second-order valence-electron chi connectivity index (χ2n) is 4.15. The zero-order valence-electron chi connectivity index (χ0n) is 9.78. The van der Waals surface area contributed by atoms with Gasteiger partial charge in [0.15, 0.2) is 0 Å². The Labute approximate surface area is 91.9 Å². The van der Waals surface area contributed by atoms with Crippen LogP contribution in [0, 0.1) is 0 Å². The molecule has 0 unspecified atom stereocenters. The Bertz CT molecular complexity index is 203. The summed E-state index contributed by atoms with van der Waals surface area (Å²) in [5.74, 6) is 0. The van der Waals surface area contributed by atoms with E-state index in [0.717, 1.165) is 12.8 Å². The molecule has 0 aliphatic heterocycles. The number of urea groups is 1. The van der Waals surface area contributed by atoms with Crippen molar-refractivity contribution in [3.05, 3.63) is 0 Å². The van der Waals surface area contributed by atoms with Gasteiger partial charge in [0.05, 0.1) is 6.61 Å². The van der Waals surface area contributed by atoms with Crippen molar-refractivity contribution in [1.29, 1.82) is 0 Å². The number of hydrogen-bond donors (Lipinski definition) is 1. The highest BCUT2D eigenvalue weighted by atomic mass is 16.3. The van der Waals surface area contributed by atoms with Crippen molar-refractivity contribution >= 4 is 6.03 Å². The number of rotatable bonds is 4. The number of carbonyl (C=O) groups is 1. The summed E-state index contributed by atoms with van der Waals surface area (Å²) in [6, 6.07) is 0.400. The van der Waals surface area contributed by atoms with E-state index in [-0.39, 0.29) is 12.6 Å². The fourth-order valence-electron chi connectivity index (χ4n) is 2.11. The minimum atomic E-state index is 0.0541. The smallest absolute Gasteiger partial charge is 0.320 e. The molecule has 0 aromatic heterocycles. The highest BCUT2D eigenvalue weighted by molar-refractivity contribution is 5.74. The third-order valence-corrected chi connectivity index (χ3v) is 3.15. The first-order valence-corrected chi connectivity index (χ1v) is 5.83. The van der Waals surface area contributed by atoms with Crippen LogP contribution in [0.2, 0.25) is 0 Å². The SMILES string of the molecule is CCN(C)C(=O)N(CCO)C1CCCC1.